The van der Waals surface area contributed by atoms with E-state index in [1.807, 2.05) is 42.2 Å². The maximum Gasteiger partial charge on any atom is 0.241 e. The van der Waals surface area contributed by atoms with E-state index in [4.69, 9.17) is 0 Å². The van der Waals surface area contributed by atoms with Gasteiger partial charge in [-0.25, -0.2) is 4.39 Å². The van der Waals surface area contributed by atoms with E-state index in [0.717, 1.165) is 5.69 Å². The molecule has 27 heavy (non-hydrogen) atoms. The quantitative estimate of drug-likeness (QED) is 0.823. The Labute approximate surface area is 158 Å². The molecule has 1 fully saturated rings. The number of nitrogens with zero attached hydrogens (tertiary/aromatic N) is 2. The summed E-state index contributed by atoms with van der Waals surface area (Å²) >= 11 is 0. The summed E-state index contributed by atoms with van der Waals surface area (Å²) in [5.41, 5.74) is 1.66. The molecule has 2 aromatic carbocycles. The summed E-state index contributed by atoms with van der Waals surface area (Å²) in [6.07, 6.45) is 0. The maximum atomic E-state index is 14.3. The Kier molecular flexibility index (Phi) is 5.86. The van der Waals surface area contributed by atoms with Crippen LogP contribution in [-0.4, -0.2) is 48.8 Å². The zero-order valence-electron chi connectivity index (χ0n) is 15.6. The standard InChI is InChI=1S/C21H24FN3O2/c1-15(21(27)23-18-6-4-3-5-7-18)24-10-12-25(13-11-24)20-9-8-17(16(2)26)14-19(20)22/h3-9,14-15H,10-13H2,1-2H3,(H,23,27). The monoisotopic (exact) mass is 369 g/mol. The number of ketones is 1. The minimum Gasteiger partial charge on any atom is -0.367 e. The Hall–Kier alpha value is -2.73. The van der Waals surface area contributed by atoms with Gasteiger partial charge in [-0.05, 0) is 44.2 Å². The Morgan fingerprint density at radius 3 is 2.30 bits per heavy atom. The molecule has 1 amide bonds. The highest BCUT2D eigenvalue weighted by molar-refractivity contribution is 5.95. The summed E-state index contributed by atoms with van der Waals surface area (Å²) in [4.78, 5) is 27.9. The van der Waals surface area contributed by atoms with Gasteiger partial charge in [0.15, 0.2) is 5.78 Å². The lowest BCUT2D eigenvalue weighted by Crippen LogP contribution is -2.53. The smallest absolute Gasteiger partial charge is 0.241 e. The summed E-state index contributed by atoms with van der Waals surface area (Å²) in [6, 6.07) is 13.7. The van der Waals surface area contributed by atoms with Crippen molar-refractivity contribution in [2.24, 2.45) is 0 Å². The number of nitrogens with one attached hydrogen (secondary N) is 1. The van der Waals surface area contributed by atoms with Crippen molar-refractivity contribution in [3.8, 4) is 0 Å². The molecule has 1 aliphatic heterocycles. The lowest BCUT2D eigenvalue weighted by atomic mass is 10.1. The number of carbonyl (C=O) groups is 2. The summed E-state index contributed by atoms with van der Waals surface area (Å²) < 4.78 is 14.3. The average Bonchev–Trinajstić information content (AvgIpc) is 2.68. The molecule has 0 aromatic heterocycles. The third kappa shape index (κ3) is 4.52. The van der Waals surface area contributed by atoms with Gasteiger partial charge in [-0.3, -0.25) is 14.5 Å². The highest BCUT2D eigenvalue weighted by atomic mass is 19.1. The molecular weight excluding hydrogens is 345 g/mol. The molecule has 5 nitrogen and oxygen atoms in total. The van der Waals surface area contributed by atoms with E-state index < -0.39 is 0 Å². The van der Waals surface area contributed by atoms with Gasteiger partial charge in [0.1, 0.15) is 5.82 Å². The molecule has 6 heteroatoms. The zero-order valence-corrected chi connectivity index (χ0v) is 15.6. The van der Waals surface area contributed by atoms with Gasteiger partial charge in [-0.2, -0.15) is 0 Å². The van der Waals surface area contributed by atoms with Crippen molar-refractivity contribution in [3.05, 3.63) is 59.9 Å². The molecule has 1 atom stereocenters. The predicted octanol–water partition coefficient (Wildman–Crippen LogP) is 3.18. The van der Waals surface area contributed by atoms with Crippen LogP contribution in [-0.2, 0) is 4.79 Å². The van der Waals surface area contributed by atoms with Gasteiger partial charge in [0.2, 0.25) is 5.91 Å². The number of halogens is 1. The molecule has 1 N–H and O–H groups in total. The highest BCUT2D eigenvalue weighted by Gasteiger charge is 2.26. The minimum atomic E-state index is -0.383. The van der Waals surface area contributed by atoms with Crippen LogP contribution in [0.5, 0.6) is 0 Å². The van der Waals surface area contributed by atoms with E-state index in [1.54, 1.807) is 12.1 Å². The van der Waals surface area contributed by atoms with Crippen LogP contribution in [0.25, 0.3) is 0 Å². The molecule has 142 valence electrons. The summed E-state index contributed by atoms with van der Waals surface area (Å²) in [7, 11) is 0. The van der Waals surface area contributed by atoms with Gasteiger partial charge in [-0.15, -0.1) is 0 Å². The van der Waals surface area contributed by atoms with Gasteiger partial charge >= 0.3 is 0 Å². The van der Waals surface area contributed by atoms with E-state index in [0.29, 0.717) is 37.4 Å². The predicted molar refractivity (Wildman–Crippen MR) is 105 cm³/mol. The summed E-state index contributed by atoms with van der Waals surface area (Å²) in [5.74, 6) is -0.582. The molecule has 0 spiro atoms. The van der Waals surface area contributed by atoms with Gasteiger partial charge in [0.05, 0.1) is 11.7 Å². The van der Waals surface area contributed by atoms with Crippen molar-refractivity contribution in [1.29, 1.82) is 0 Å². The largest absolute Gasteiger partial charge is 0.367 e. The molecule has 0 bridgehead atoms. The third-order valence-corrected chi connectivity index (χ3v) is 4.98. The molecule has 1 aliphatic rings. The molecule has 0 aliphatic carbocycles. The Bertz CT molecular complexity index is 817. The number of anilines is 2. The summed E-state index contributed by atoms with van der Waals surface area (Å²) in [6.45, 7) is 5.89. The topological polar surface area (TPSA) is 52.7 Å². The van der Waals surface area contributed by atoms with Gasteiger partial charge in [0, 0.05) is 37.4 Å². The Morgan fingerprint density at radius 2 is 1.70 bits per heavy atom. The maximum absolute atomic E-state index is 14.3. The number of benzene rings is 2. The second-order valence-corrected chi connectivity index (χ2v) is 6.78. The first-order chi connectivity index (χ1) is 13.0. The molecule has 1 unspecified atom stereocenters. The number of amides is 1. The van der Waals surface area contributed by atoms with Crippen LogP contribution in [0, 0.1) is 5.82 Å². The molecular formula is C21H24FN3O2. The van der Waals surface area contributed by atoms with Crippen molar-refractivity contribution < 1.29 is 14.0 Å². The SMILES string of the molecule is CC(=O)c1ccc(N2CCN(C(C)C(=O)Nc3ccccc3)CC2)c(F)c1. The number of para-hydroxylation sites is 1. The molecule has 1 heterocycles. The fourth-order valence-electron chi connectivity index (χ4n) is 3.27. The minimum absolute atomic E-state index is 0.0494. The van der Waals surface area contributed by atoms with Crippen LogP contribution in [0.15, 0.2) is 48.5 Å². The molecule has 0 saturated carbocycles. The van der Waals surface area contributed by atoms with Gasteiger partial charge < -0.3 is 10.2 Å². The third-order valence-electron chi connectivity index (χ3n) is 4.98. The molecule has 3 rings (SSSR count). The number of piperazine rings is 1. The Balaban J connectivity index is 1.58. The van der Waals surface area contributed by atoms with Crippen LogP contribution >= 0.6 is 0 Å². The molecule has 0 radical (unpaired) electrons. The molecule has 2 aromatic rings. The van der Waals surface area contributed by atoms with Crippen LogP contribution in [0.2, 0.25) is 0 Å². The number of Topliss-reactive ketones (excluding diaryl/α,β-unsaturated/α-hetero) is 1. The van der Waals surface area contributed by atoms with Crippen molar-refractivity contribution >= 4 is 23.1 Å². The van der Waals surface area contributed by atoms with Crippen LogP contribution in [0.1, 0.15) is 24.2 Å². The number of hydrogen-bond acceptors (Lipinski definition) is 4. The lowest BCUT2D eigenvalue weighted by molar-refractivity contribution is -0.120. The first kappa shape index (κ1) is 19.0. The molecule has 1 saturated heterocycles. The van der Waals surface area contributed by atoms with Crippen molar-refractivity contribution in [1.82, 2.24) is 4.90 Å². The number of carbonyl (C=O) groups excluding carboxylic acids is 2. The number of hydrogen-bond donors (Lipinski definition) is 1. The van der Waals surface area contributed by atoms with Crippen molar-refractivity contribution in [3.63, 3.8) is 0 Å². The van der Waals surface area contributed by atoms with E-state index in [9.17, 15) is 14.0 Å². The second-order valence-electron chi connectivity index (χ2n) is 6.78. The number of rotatable bonds is 5. The van der Waals surface area contributed by atoms with Crippen LogP contribution < -0.4 is 10.2 Å². The van der Waals surface area contributed by atoms with E-state index >= 15 is 0 Å². The summed E-state index contributed by atoms with van der Waals surface area (Å²) in [5, 5.41) is 2.92. The fourth-order valence-corrected chi connectivity index (χ4v) is 3.27. The van der Waals surface area contributed by atoms with Crippen LogP contribution in [0.4, 0.5) is 15.8 Å². The normalized spacial score (nSPS) is 16.0. The second kappa shape index (κ2) is 8.31. The van der Waals surface area contributed by atoms with E-state index in [2.05, 4.69) is 10.2 Å². The first-order valence-electron chi connectivity index (χ1n) is 9.11. The van der Waals surface area contributed by atoms with E-state index in [-0.39, 0.29) is 23.5 Å². The average molecular weight is 369 g/mol. The van der Waals surface area contributed by atoms with Crippen LogP contribution in [0.3, 0.4) is 0 Å². The van der Waals surface area contributed by atoms with Gasteiger partial charge in [0.25, 0.3) is 0 Å². The Morgan fingerprint density at radius 1 is 1.04 bits per heavy atom. The van der Waals surface area contributed by atoms with Crippen molar-refractivity contribution in [2.45, 2.75) is 19.9 Å². The highest BCUT2D eigenvalue weighted by Crippen LogP contribution is 2.23. The van der Waals surface area contributed by atoms with Crippen molar-refractivity contribution in [2.75, 3.05) is 36.4 Å². The first-order valence-corrected chi connectivity index (χ1v) is 9.11. The zero-order chi connectivity index (χ0) is 19.4. The van der Waals surface area contributed by atoms with E-state index in [1.165, 1.54) is 13.0 Å². The lowest BCUT2D eigenvalue weighted by Gasteiger charge is -2.38. The fraction of sp³-hybridized carbons (Fsp3) is 0.333. The van der Waals surface area contributed by atoms with Gasteiger partial charge in [-0.1, -0.05) is 18.2 Å².